The standard InChI is InChI=1S/C26H36ClN3O5S/c1-5-6-15-28-26(32)20(2)29(19-21-10-7-13-24(17-21)35-3)25(31)14-9-16-30(36(4,33)34)23-12-8-11-22(27)18-23/h7-8,10-13,17-18,20H,5-6,9,14-16,19H2,1-4H3,(H,28,32). The van der Waals surface area contributed by atoms with E-state index in [9.17, 15) is 18.0 Å². The lowest BCUT2D eigenvalue weighted by atomic mass is 10.1. The minimum Gasteiger partial charge on any atom is -0.497 e. The first kappa shape index (κ1) is 29.5. The molecular weight excluding hydrogens is 502 g/mol. The van der Waals surface area contributed by atoms with Gasteiger partial charge in [-0.05, 0) is 55.7 Å². The van der Waals surface area contributed by atoms with Gasteiger partial charge in [-0.25, -0.2) is 8.42 Å². The lowest BCUT2D eigenvalue weighted by Crippen LogP contribution is -2.48. The van der Waals surface area contributed by atoms with Gasteiger partial charge in [-0.15, -0.1) is 0 Å². The van der Waals surface area contributed by atoms with Crippen molar-refractivity contribution < 1.29 is 22.7 Å². The van der Waals surface area contributed by atoms with Crippen LogP contribution >= 0.6 is 11.6 Å². The quantitative estimate of drug-likeness (QED) is 0.364. The normalized spacial score (nSPS) is 12.0. The summed E-state index contributed by atoms with van der Waals surface area (Å²) in [5, 5.41) is 3.31. The van der Waals surface area contributed by atoms with Crippen LogP contribution in [0.3, 0.4) is 0 Å². The van der Waals surface area contributed by atoms with Crippen molar-refractivity contribution in [3.63, 3.8) is 0 Å². The topological polar surface area (TPSA) is 96.0 Å². The average Bonchev–Trinajstić information content (AvgIpc) is 2.84. The highest BCUT2D eigenvalue weighted by Crippen LogP contribution is 2.23. The highest BCUT2D eigenvalue weighted by atomic mass is 35.5. The molecule has 2 amide bonds. The Morgan fingerprint density at radius 2 is 1.83 bits per heavy atom. The van der Waals surface area contributed by atoms with Crippen LogP contribution in [0.4, 0.5) is 5.69 Å². The van der Waals surface area contributed by atoms with Gasteiger partial charge in [0.05, 0.1) is 19.1 Å². The third kappa shape index (κ3) is 9.02. The number of sulfonamides is 1. The third-order valence-electron chi connectivity index (χ3n) is 5.73. The summed E-state index contributed by atoms with van der Waals surface area (Å²) in [5.41, 5.74) is 1.27. The number of nitrogens with zero attached hydrogens (tertiary/aromatic N) is 2. The van der Waals surface area contributed by atoms with Crippen LogP contribution in [0.5, 0.6) is 5.75 Å². The minimum atomic E-state index is -3.58. The summed E-state index contributed by atoms with van der Waals surface area (Å²) in [4.78, 5) is 27.6. The molecule has 2 aromatic rings. The number of rotatable bonds is 14. The molecule has 0 aliphatic heterocycles. The molecule has 0 aromatic heterocycles. The predicted octanol–water partition coefficient (Wildman–Crippen LogP) is 4.23. The van der Waals surface area contributed by atoms with Gasteiger partial charge in [-0.3, -0.25) is 13.9 Å². The molecule has 0 saturated heterocycles. The van der Waals surface area contributed by atoms with E-state index in [1.807, 2.05) is 31.2 Å². The number of carbonyl (C=O) groups excluding carboxylic acids is 2. The van der Waals surface area contributed by atoms with Gasteiger partial charge in [0, 0.05) is 31.1 Å². The Morgan fingerprint density at radius 3 is 2.47 bits per heavy atom. The number of nitrogens with one attached hydrogen (secondary N) is 1. The number of anilines is 1. The maximum atomic E-state index is 13.3. The van der Waals surface area contributed by atoms with E-state index in [-0.39, 0.29) is 37.7 Å². The Bertz CT molecular complexity index is 1130. The number of methoxy groups -OCH3 is 1. The molecule has 0 fully saturated rings. The number of unbranched alkanes of at least 4 members (excludes halogenated alkanes) is 1. The molecule has 2 rings (SSSR count). The Labute approximate surface area is 219 Å². The number of halogens is 1. The Hall–Kier alpha value is -2.78. The van der Waals surface area contributed by atoms with Crippen molar-refractivity contribution in [3.8, 4) is 5.75 Å². The molecule has 1 atom stereocenters. The fourth-order valence-corrected chi connectivity index (χ4v) is 4.86. The van der Waals surface area contributed by atoms with Gasteiger partial charge < -0.3 is 15.0 Å². The first-order valence-corrected chi connectivity index (χ1v) is 14.2. The van der Waals surface area contributed by atoms with E-state index in [0.717, 1.165) is 24.7 Å². The average molecular weight is 538 g/mol. The van der Waals surface area contributed by atoms with Gasteiger partial charge in [-0.2, -0.15) is 0 Å². The zero-order valence-corrected chi connectivity index (χ0v) is 22.9. The molecule has 0 spiro atoms. The van der Waals surface area contributed by atoms with Crippen molar-refractivity contribution in [2.45, 2.75) is 52.1 Å². The maximum absolute atomic E-state index is 13.3. The fraction of sp³-hybridized carbons (Fsp3) is 0.462. The second kappa shape index (κ2) is 14.1. The molecule has 198 valence electrons. The van der Waals surface area contributed by atoms with Gasteiger partial charge in [0.15, 0.2) is 0 Å². The molecule has 36 heavy (non-hydrogen) atoms. The minimum absolute atomic E-state index is 0.0726. The van der Waals surface area contributed by atoms with Crippen LogP contribution in [0.2, 0.25) is 5.02 Å². The summed E-state index contributed by atoms with van der Waals surface area (Å²) < 4.78 is 31.3. The van der Waals surface area contributed by atoms with E-state index >= 15 is 0 Å². The van der Waals surface area contributed by atoms with Crippen molar-refractivity contribution in [1.29, 1.82) is 0 Å². The molecule has 10 heteroatoms. The van der Waals surface area contributed by atoms with Crippen molar-refractivity contribution in [1.82, 2.24) is 10.2 Å². The smallest absolute Gasteiger partial charge is 0.242 e. The van der Waals surface area contributed by atoms with Crippen LogP contribution in [0.15, 0.2) is 48.5 Å². The van der Waals surface area contributed by atoms with E-state index in [2.05, 4.69) is 5.32 Å². The van der Waals surface area contributed by atoms with Crippen LogP contribution in [0, 0.1) is 0 Å². The van der Waals surface area contributed by atoms with Crippen molar-refractivity contribution in [2.24, 2.45) is 0 Å². The van der Waals surface area contributed by atoms with E-state index in [1.165, 1.54) is 9.21 Å². The van der Waals surface area contributed by atoms with Gasteiger partial charge >= 0.3 is 0 Å². The fourth-order valence-electron chi connectivity index (χ4n) is 3.72. The van der Waals surface area contributed by atoms with Crippen molar-refractivity contribution in [3.05, 3.63) is 59.1 Å². The van der Waals surface area contributed by atoms with E-state index in [4.69, 9.17) is 16.3 Å². The molecule has 8 nitrogen and oxygen atoms in total. The van der Waals surface area contributed by atoms with Gasteiger partial charge in [0.1, 0.15) is 11.8 Å². The zero-order chi connectivity index (χ0) is 26.7. The van der Waals surface area contributed by atoms with Crippen molar-refractivity contribution >= 4 is 39.1 Å². The third-order valence-corrected chi connectivity index (χ3v) is 7.16. The Morgan fingerprint density at radius 1 is 1.11 bits per heavy atom. The van der Waals surface area contributed by atoms with Crippen LogP contribution < -0.4 is 14.4 Å². The predicted molar refractivity (Wildman–Crippen MR) is 144 cm³/mol. The largest absolute Gasteiger partial charge is 0.497 e. The van der Waals surface area contributed by atoms with E-state index < -0.39 is 16.1 Å². The SMILES string of the molecule is CCCCNC(=O)C(C)N(Cc1cccc(OC)c1)C(=O)CCCN(c1cccc(Cl)c1)S(C)(=O)=O. The zero-order valence-electron chi connectivity index (χ0n) is 21.4. The van der Waals surface area contributed by atoms with Gasteiger partial charge in [-0.1, -0.05) is 43.1 Å². The molecule has 0 saturated carbocycles. The molecule has 0 aliphatic rings. The first-order valence-electron chi connectivity index (χ1n) is 12.0. The lowest BCUT2D eigenvalue weighted by Gasteiger charge is -2.29. The summed E-state index contributed by atoms with van der Waals surface area (Å²) in [6.07, 6.45) is 3.27. The number of hydrogen-bond acceptors (Lipinski definition) is 5. The molecule has 0 bridgehead atoms. The van der Waals surface area contributed by atoms with Crippen LogP contribution in [-0.4, -0.2) is 57.6 Å². The molecule has 1 N–H and O–H groups in total. The molecular formula is C26H36ClN3O5S. The maximum Gasteiger partial charge on any atom is 0.242 e. The highest BCUT2D eigenvalue weighted by Gasteiger charge is 2.26. The molecule has 0 radical (unpaired) electrons. The van der Waals surface area contributed by atoms with E-state index in [1.54, 1.807) is 38.3 Å². The molecule has 0 aliphatic carbocycles. The first-order chi connectivity index (χ1) is 17.1. The number of benzene rings is 2. The molecule has 2 aromatic carbocycles. The summed E-state index contributed by atoms with van der Waals surface area (Å²) >= 11 is 6.04. The summed E-state index contributed by atoms with van der Waals surface area (Å²) in [6, 6.07) is 13.2. The number of amides is 2. The summed E-state index contributed by atoms with van der Waals surface area (Å²) in [5.74, 6) is 0.192. The van der Waals surface area contributed by atoms with Crippen molar-refractivity contribution in [2.75, 3.05) is 30.8 Å². The van der Waals surface area contributed by atoms with Crippen LogP contribution in [0.25, 0.3) is 0 Å². The second-order valence-electron chi connectivity index (χ2n) is 8.61. The lowest BCUT2D eigenvalue weighted by molar-refractivity contribution is -0.140. The Balaban J connectivity index is 2.16. The molecule has 0 heterocycles. The van der Waals surface area contributed by atoms with Gasteiger partial charge in [0.25, 0.3) is 0 Å². The van der Waals surface area contributed by atoms with Crippen LogP contribution in [-0.2, 0) is 26.2 Å². The number of ether oxygens (including phenoxy) is 1. The Kier molecular flexibility index (Phi) is 11.5. The molecule has 1 unspecified atom stereocenters. The van der Waals surface area contributed by atoms with Gasteiger partial charge in [0.2, 0.25) is 21.8 Å². The van der Waals surface area contributed by atoms with E-state index in [0.29, 0.717) is 23.0 Å². The second-order valence-corrected chi connectivity index (χ2v) is 11.0. The van der Waals surface area contributed by atoms with Crippen LogP contribution in [0.1, 0.15) is 45.1 Å². The summed E-state index contributed by atoms with van der Waals surface area (Å²) in [6.45, 7) is 4.62. The highest BCUT2D eigenvalue weighted by molar-refractivity contribution is 7.92. The summed E-state index contributed by atoms with van der Waals surface area (Å²) in [7, 11) is -2.01. The number of carbonyl (C=O) groups is 2. The number of hydrogen-bond donors (Lipinski definition) is 1. The monoisotopic (exact) mass is 537 g/mol.